The maximum atomic E-state index is 14.5. The van der Waals surface area contributed by atoms with E-state index in [1.54, 1.807) is 16.7 Å². The van der Waals surface area contributed by atoms with Gasteiger partial charge in [-0.05, 0) is 45.4 Å². The number of allylic oxidation sites excluding steroid dienone is 1. The zero-order valence-electron chi connectivity index (χ0n) is 23.0. The number of ether oxygens (including phenoxy) is 1. The molecule has 4 aliphatic heterocycles. The number of thioether (sulfide) groups is 1. The van der Waals surface area contributed by atoms with Gasteiger partial charge in [0.25, 0.3) is 0 Å². The van der Waals surface area contributed by atoms with Crippen molar-refractivity contribution >= 4 is 29.5 Å². The maximum Gasteiger partial charge on any atom is 0.311 e. The molecular formula is C29H44N2O5S. The number of carbonyl (C=O) groups excluding carboxylic acids is 3. The van der Waals surface area contributed by atoms with Crippen LogP contribution in [0, 0.1) is 17.8 Å². The van der Waals surface area contributed by atoms with Crippen LogP contribution in [0.4, 0.5) is 0 Å². The van der Waals surface area contributed by atoms with Crippen LogP contribution in [0.3, 0.4) is 0 Å². The summed E-state index contributed by atoms with van der Waals surface area (Å²) in [4.78, 5) is 46.1. The normalized spacial score (nSPS) is 37.2. The highest BCUT2D eigenvalue weighted by Crippen LogP contribution is 2.65. The molecule has 2 fully saturated rings. The van der Waals surface area contributed by atoms with E-state index in [2.05, 4.69) is 26.0 Å². The van der Waals surface area contributed by atoms with E-state index in [1.165, 1.54) is 0 Å². The number of cyclic esters (lactones) is 1. The number of likely N-dealkylation sites (tertiary alicyclic amines) is 1. The number of fused-ring (bicyclic) bond motifs is 2. The van der Waals surface area contributed by atoms with Gasteiger partial charge in [0.2, 0.25) is 11.8 Å². The second-order valence-electron chi connectivity index (χ2n) is 11.5. The Bertz CT molecular complexity index is 953. The summed E-state index contributed by atoms with van der Waals surface area (Å²) in [6.07, 6.45) is 13.5. The fraction of sp³-hybridized carbons (Fsp3) is 0.759. The van der Waals surface area contributed by atoms with Gasteiger partial charge in [-0.1, -0.05) is 57.9 Å². The second kappa shape index (κ2) is 11.1. The molecule has 4 aliphatic rings. The van der Waals surface area contributed by atoms with Crippen molar-refractivity contribution in [3.8, 4) is 0 Å². The number of nitrogens with zero attached hydrogens (tertiary/aromatic N) is 2. The van der Waals surface area contributed by atoms with Gasteiger partial charge in [0.05, 0.1) is 35.8 Å². The third-order valence-corrected chi connectivity index (χ3v) is 10.8. The number of rotatable bonds is 7. The van der Waals surface area contributed by atoms with E-state index in [-0.39, 0.29) is 36.4 Å². The van der Waals surface area contributed by atoms with Crippen LogP contribution >= 0.6 is 11.8 Å². The molecule has 8 atom stereocenters. The third kappa shape index (κ3) is 4.66. The molecule has 2 unspecified atom stereocenters. The maximum absolute atomic E-state index is 14.5. The molecule has 0 aliphatic carbocycles. The number of aliphatic hydroxyl groups excluding tert-OH is 1. The van der Waals surface area contributed by atoms with Crippen molar-refractivity contribution in [2.45, 2.75) is 101 Å². The smallest absolute Gasteiger partial charge is 0.311 e. The molecule has 0 aromatic heterocycles. The number of carbonyl (C=O) groups is 3. The Morgan fingerprint density at radius 3 is 2.54 bits per heavy atom. The Morgan fingerprint density at radius 2 is 1.86 bits per heavy atom. The fourth-order valence-electron chi connectivity index (χ4n) is 6.90. The number of hydrogen-bond donors (Lipinski definition) is 1. The first-order valence-electron chi connectivity index (χ1n) is 14.1. The molecule has 2 amide bonds. The largest absolute Gasteiger partial charge is 0.465 e. The lowest BCUT2D eigenvalue weighted by atomic mass is 9.74. The Kier molecular flexibility index (Phi) is 8.49. The van der Waals surface area contributed by atoms with Crippen molar-refractivity contribution in [2.75, 3.05) is 19.8 Å². The van der Waals surface area contributed by atoms with E-state index in [0.717, 1.165) is 38.5 Å². The van der Waals surface area contributed by atoms with Crippen molar-refractivity contribution in [3.05, 3.63) is 24.3 Å². The lowest BCUT2D eigenvalue weighted by Gasteiger charge is -2.42. The van der Waals surface area contributed by atoms with Crippen LogP contribution in [0.1, 0.15) is 73.1 Å². The summed E-state index contributed by atoms with van der Waals surface area (Å²) in [6.45, 7) is 10.8. The Hall–Kier alpha value is -1.80. The van der Waals surface area contributed by atoms with Crippen molar-refractivity contribution in [2.24, 2.45) is 17.8 Å². The molecule has 4 rings (SSSR count). The van der Waals surface area contributed by atoms with Crippen molar-refractivity contribution in [1.82, 2.24) is 9.80 Å². The van der Waals surface area contributed by atoms with Crippen LogP contribution in [0.25, 0.3) is 0 Å². The van der Waals surface area contributed by atoms with E-state index in [0.29, 0.717) is 13.2 Å². The van der Waals surface area contributed by atoms with Crippen molar-refractivity contribution in [1.29, 1.82) is 0 Å². The van der Waals surface area contributed by atoms with Gasteiger partial charge in [-0.2, -0.15) is 0 Å². The zero-order chi connectivity index (χ0) is 27.0. The molecule has 0 bridgehead atoms. The predicted molar refractivity (Wildman–Crippen MR) is 146 cm³/mol. The van der Waals surface area contributed by atoms with Crippen LogP contribution in [0.2, 0.25) is 0 Å². The molecular weight excluding hydrogens is 488 g/mol. The fourth-order valence-corrected chi connectivity index (χ4v) is 9.04. The minimum Gasteiger partial charge on any atom is -0.465 e. The lowest BCUT2D eigenvalue weighted by Crippen LogP contribution is -2.59. The monoisotopic (exact) mass is 532 g/mol. The molecule has 4 heterocycles. The van der Waals surface area contributed by atoms with E-state index in [4.69, 9.17) is 4.74 Å². The summed E-state index contributed by atoms with van der Waals surface area (Å²) in [6, 6.07) is -1.26. The molecule has 1 spiro atoms. The lowest BCUT2D eigenvalue weighted by molar-refractivity contribution is -0.155. The Balaban J connectivity index is 1.89. The van der Waals surface area contributed by atoms with E-state index >= 15 is 0 Å². The minimum atomic E-state index is -0.910. The van der Waals surface area contributed by atoms with Gasteiger partial charge in [0.15, 0.2) is 0 Å². The van der Waals surface area contributed by atoms with E-state index < -0.39 is 33.4 Å². The SMILES string of the molecule is CCCC(C)N1CC=C[C@]23S[C@]4(C)/C=C\CCCCOC(=O)[C@@H]4[C@H]2C(=O)N([C@@H](CO)[C@@H](C)CC)C3C1=O. The van der Waals surface area contributed by atoms with Gasteiger partial charge >= 0.3 is 5.97 Å². The highest BCUT2D eigenvalue weighted by Gasteiger charge is 2.74. The summed E-state index contributed by atoms with van der Waals surface area (Å²) in [7, 11) is 0. The van der Waals surface area contributed by atoms with Gasteiger partial charge < -0.3 is 19.6 Å². The van der Waals surface area contributed by atoms with Crippen molar-refractivity contribution < 1.29 is 24.2 Å². The Labute approximate surface area is 226 Å². The molecule has 2 saturated heterocycles. The van der Waals surface area contributed by atoms with Crippen LogP contribution in [-0.4, -0.2) is 80.1 Å². The van der Waals surface area contributed by atoms with Crippen LogP contribution in [0.15, 0.2) is 24.3 Å². The summed E-state index contributed by atoms with van der Waals surface area (Å²) in [5.41, 5.74) is 0. The molecule has 0 aromatic carbocycles. The number of esters is 1. The molecule has 8 heteroatoms. The van der Waals surface area contributed by atoms with Crippen LogP contribution in [0.5, 0.6) is 0 Å². The molecule has 37 heavy (non-hydrogen) atoms. The second-order valence-corrected chi connectivity index (χ2v) is 13.3. The van der Waals surface area contributed by atoms with Gasteiger partial charge in [0.1, 0.15) is 6.04 Å². The Morgan fingerprint density at radius 1 is 1.11 bits per heavy atom. The quantitative estimate of drug-likeness (QED) is 0.395. The molecule has 7 nitrogen and oxygen atoms in total. The highest BCUT2D eigenvalue weighted by atomic mass is 32.2. The van der Waals surface area contributed by atoms with E-state index in [1.807, 2.05) is 37.8 Å². The van der Waals surface area contributed by atoms with Gasteiger partial charge in [-0.3, -0.25) is 14.4 Å². The van der Waals surface area contributed by atoms with Crippen molar-refractivity contribution in [3.63, 3.8) is 0 Å². The average Bonchev–Trinajstić information content (AvgIpc) is 3.19. The summed E-state index contributed by atoms with van der Waals surface area (Å²) < 4.78 is 4.15. The average molecular weight is 533 g/mol. The predicted octanol–water partition coefficient (Wildman–Crippen LogP) is 3.95. The first-order valence-corrected chi connectivity index (χ1v) is 14.9. The number of amides is 2. The van der Waals surface area contributed by atoms with E-state index in [9.17, 15) is 19.5 Å². The molecule has 206 valence electrons. The van der Waals surface area contributed by atoms with Gasteiger partial charge in [0, 0.05) is 17.3 Å². The summed E-state index contributed by atoms with van der Waals surface area (Å²) >= 11 is 1.57. The summed E-state index contributed by atoms with van der Waals surface area (Å²) in [5, 5.41) is 10.5. The van der Waals surface area contributed by atoms with Gasteiger partial charge in [-0.25, -0.2) is 0 Å². The highest BCUT2D eigenvalue weighted by molar-refractivity contribution is 8.02. The molecule has 1 N–H and O–H groups in total. The van der Waals surface area contributed by atoms with Crippen LogP contribution in [-0.2, 0) is 19.1 Å². The molecule has 0 aromatic rings. The standard InChI is InChI=1S/C29H44N2O5S/c1-6-13-20(4)30-16-12-15-29-22(23-27(35)36-17-11-9-8-10-14-28(23,5)37-29)25(33)31(24(29)26(30)34)21(18-32)19(3)7-2/h10,12,14-15,19-24,32H,6-9,11,13,16-18H2,1-5H3/b14-10-/t19-,20?,21-,22-,23-,24?,28+,29-/m0/s1. The number of aliphatic hydroxyl groups is 1. The third-order valence-electron chi connectivity index (χ3n) is 9.05. The first-order chi connectivity index (χ1) is 17.7. The molecule has 0 saturated carbocycles. The zero-order valence-corrected chi connectivity index (χ0v) is 23.8. The van der Waals surface area contributed by atoms with Gasteiger partial charge in [-0.15, -0.1) is 11.8 Å². The topological polar surface area (TPSA) is 87.2 Å². The van der Waals surface area contributed by atoms with Crippen LogP contribution < -0.4 is 0 Å². The minimum absolute atomic E-state index is 0.00125. The number of hydrogen-bond acceptors (Lipinski definition) is 6. The first kappa shape index (κ1) is 28.2. The molecule has 0 radical (unpaired) electrons. The summed E-state index contributed by atoms with van der Waals surface area (Å²) in [5.74, 6) is -2.10.